The van der Waals surface area contributed by atoms with Crippen LogP contribution in [0.2, 0.25) is 0 Å². The van der Waals surface area contributed by atoms with Gasteiger partial charge in [-0.15, -0.1) is 11.3 Å². The fourth-order valence-electron chi connectivity index (χ4n) is 4.60. The largest absolute Gasteiger partial charge is 0.491 e. The van der Waals surface area contributed by atoms with Gasteiger partial charge in [0.15, 0.2) is 5.13 Å². The maximum atomic E-state index is 13.2. The third kappa shape index (κ3) is 5.01. The number of hydrogen-bond acceptors (Lipinski definition) is 6. The van der Waals surface area contributed by atoms with Gasteiger partial charge in [-0.3, -0.25) is 9.59 Å². The van der Waals surface area contributed by atoms with Gasteiger partial charge >= 0.3 is 0 Å². The van der Waals surface area contributed by atoms with Gasteiger partial charge in [-0.1, -0.05) is 31.0 Å². The Hall–Kier alpha value is -2.61. The molecule has 2 amide bonds. The molecular weight excluding hydrogens is 412 g/mol. The lowest BCUT2D eigenvalue weighted by Gasteiger charge is -2.40. The van der Waals surface area contributed by atoms with Crippen molar-refractivity contribution in [3.05, 3.63) is 40.9 Å². The van der Waals surface area contributed by atoms with Gasteiger partial charge in [0.25, 0.3) is 5.91 Å². The van der Waals surface area contributed by atoms with Crippen LogP contribution in [0.4, 0.5) is 5.13 Å². The van der Waals surface area contributed by atoms with E-state index in [2.05, 4.69) is 16.4 Å². The zero-order valence-electron chi connectivity index (χ0n) is 17.8. The van der Waals surface area contributed by atoms with Crippen molar-refractivity contribution in [2.24, 2.45) is 5.41 Å². The lowest BCUT2D eigenvalue weighted by Crippen LogP contribution is -2.50. The summed E-state index contributed by atoms with van der Waals surface area (Å²) in [6.07, 6.45) is 6.35. The van der Waals surface area contributed by atoms with Crippen LogP contribution in [0.15, 0.2) is 29.6 Å². The number of nitrogens with zero attached hydrogens (tertiary/aromatic N) is 2. The maximum absolute atomic E-state index is 13.2. The van der Waals surface area contributed by atoms with E-state index in [1.807, 2.05) is 18.2 Å². The van der Waals surface area contributed by atoms with Crippen LogP contribution in [0.1, 0.15) is 54.6 Å². The summed E-state index contributed by atoms with van der Waals surface area (Å²) in [6, 6.07) is 8.16. The van der Waals surface area contributed by atoms with E-state index in [1.165, 1.54) is 16.9 Å². The van der Waals surface area contributed by atoms with E-state index >= 15 is 0 Å². The highest BCUT2D eigenvalue weighted by Gasteiger charge is 2.41. The van der Waals surface area contributed by atoms with Gasteiger partial charge in [0.2, 0.25) is 5.91 Å². The molecule has 1 fully saturated rings. The highest BCUT2D eigenvalue weighted by molar-refractivity contribution is 7.13. The Morgan fingerprint density at radius 3 is 2.74 bits per heavy atom. The fourth-order valence-corrected chi connectivity index (χ4v) is 5.13. The van der Waals surface area contributed by atoms with Gasteiger partial charge in [-0.25, -0.2) is 4.98 Å². The van der Waals surface area contributed by atoms with E-state index in [-0.39, 0.29) is 11.8 Å². The van der Waals surface area contributed by atoms with E-state index in [4.69, 9.17) is 10.5 Å². The highest BCUT2D eigenvalue weighted by atomic mass is 32.1. The zero-order valence-corrected chi connectivity index (χ0v) is 18.6. The molecule has 3 N–H and O–H groups in total. The van der Waals surface area contributed by atoms with Crippen LogP contribution < -0.4 is 15.8 Å². The molecule has 8 heteroatoms. The number of carbonyl (C=O) groups is 2. The van der Waals surface area contributed by atoms with Crippen molar-refractivity contribution in [2.45, 2.75) is 44.9 Å². The second-order valence-corrected chi connectivity index (χ2v) is 9.31. The molecular formula is C23H30N4O3S. The van der Waals surface area contributed by atoms with Crippen molar-refractivity contribution < 1.29 is 14.3 Å². The van der Waals surface area contributed by atoms with Crippen LogP contribution in [0.3, 0.4) is 0 Å². The number of piperidine rings is 1. The normalized spacial score (nSPS) is 19.9. The van der Waals surface area contributed by atoms with Gasteiger partial charge in [-0.2, -0.15) is 0 Å². The molecule has 7 nitrogen and oxygen atoms in total. The minimum atomic E-state index is -0.418. The van der Waals surface area contributed by atoms with Crippen molar-refractivity contribution in [1.29, 1.82) is 0 Å². The first-order valence-corrected chi connectivity index (χ1v) is 11.9. The van der Waals surface area contributed by atoms with Crippen LogP contribution in [-0.4, -0.2) is 47.9 Å². The molecule has 3 heterocycles. The number of ether oxygens (including phenoxy) is 1. The molecule has 1 aromatic carbocycles. The molecule has 0 unspecified atom stereocenters. The summed E-state index contributed by atoms with van der Waals surface area (Å²) < 4.78 is 5.94. The molecule has 166 valence electrons. The number of carbonyl (C=O) groups excluding carboxylic acids is 2. The third-order valence-corrected chi connectivity index (χ3v) is 7.12. The van der Waals surface area contributed by atoms with Crippen LogP contribution in [0.25, 0.3) is 0 Å². The summed E-state index contributed by atoms with van der Waals surface area (Å²) in [7, 11) is 0. The molecule has 2 aromatic rings. The quantitative estimate of drug-likeness (QED) is 0.706. The summed E-state index contributed by atoms with van der Waals surface area (Å²) in [5.41, 5.74) is 6.89. The summed E-state index contributed by atoms with van der Waals surface area (Å²) in [5, 5.41) is 5.20. The topological polar surface area (TPSA) is 97.6 Å². The Morgan fingerprint density at radius 1 is 1.16 bits per heavy atom. The maximum Gasteiger partial charge on any atom is 0.273 e. The Morgan fingerprint density at radius 2 is 1.97 bits per heavy atom. The first kappa shape index (κ1) is 21.6. The summed E-state index contributed by atoms with van der Waals surface area (Å²) in [6.45, 7) is 2.06. The fraction of sp³-hybridized carbons (Fsp3) is 0.522. The number of benzene rings is 1. The van der Waals surface area contributed by atoms with Crippen molar-refractivity contribution >= 4 is 28.3 Å². The van der Waals surface area contributed by atoms with Gasteiger partial charge < -0.3 is 20.7 Å². The number of hydrogen-bond donors (Lipinski definition) is 2. The number of amides is 2. The number of thiazole rings is 1. The summed E-state index contributed by atoms with van der Waals surface area (Å²) in [5.74, 6) is 0.910. The standard InChI is InChI=1S/C23H30N4O3S/c24-22-26-18(16-31-22)20(28)27-13-10-23(11-14-27)9-5-1-2-6-17-7-3-4-8-19(17)30-15-12-25-21(23)29/h3-4,7-8,16H,1-2,5-6,9-15H2,(H2,24,26)(H,25,29). The molecule has 31 heavy (non-hydrogen) atoms. The number of para-hydroxylation sites is 1. The molecule has 2 aliphatic heterocycles. The minimum absolute atomic E-state index is 0.0913. The molecule has 0 bridgehead atoms. The number of nitrogens with one attached hydrogen (secondary N) is 1. The average Bonchev–Trinajstić information content (AvgIpc) is 3.23. The molecule has 1 aromatic heterocycles. The predicted molar refractivity (Wildman–Crippen MR) is 121 cm³/mol. The predicted octanol–water partition coefficient (Wildman–Crippen LogP) is 3.26. The van der Waals surface area contributed by atoms with Gasteiger partial charge in [0.1, 0.15) is 18.1 Å². The van der Waals surface area contributed by atoms with Gasteiger partial charge in [0, 0.05) is 18.5 Å². The SMILES string of the molecule is Nc1nc(C(=O)N2CCC3(CCCCCc4ccccc4OCCNC3=O)CC2)cs1. The number of fused-ring (bicyclic) bond motifs is 1. The summed E-state index contributed by atoms with van der Waals surface area (Å²) in [4.78, 5) is 31.8. The average molecular weight is 443 g/mol. The van der Waals surface area contributed by atoms with E-state index in [9.17, 15) is 9.59 Å². The monoisotopic (exact) mass is 442 g/mol. The molecule has 0 saturated carbocycles. The number of anilines is 1. The molecule has 1 saturated heterocycles. The number of aromatic nitrogens is 1. The highest BCUT2D eigenvalue weighted by Crippen LogP contribution is 2.38. The van der Waals surface area contributed by atoms with E-state index in [0.29, 0.717) is 49.9 Å². The molecule has 0 aliphatic carbocycles. The van der Waals surface area contributed by atoms with E-state index in [0.717, 1.165) is 37.9 Å². The number of likely N-dealkylation sites (tertiary alicyclic amines) is 1. The smallest absolute Gasteiger partial charge is 0.273 e. The van der Waals surface area contributed by atoms with Crippen LogP contribution in [0.5, 0.6) is 5.75 Å². The van der Waals surface area contributed by atoms with Crippen LogP contribution in [0, 0.1) is 5.41 Å². The number of nitrogen functional groups attached to an aromatic ring is 1. The van der Waals surface area contributed by atoms with E-state index < -0.39 is 5.41 Å². The lowest BCUT2D eigenvalue weighted by molar-refractivity contribution is -0.134. The molecule has 4 rings (SSSR count). The lowest BCUT2D eigenvalue weighted by atomic mass is 9.73. The third-order valence-electron chi connectivity index (χ3n) is 6.45. The molecule has 0 radical (unpaired) electrons. The van der Waals surface area contributed by atoms with Crippen molar-refractivity contribution in [3.63, 3.8) is 0 Å². The number of rotatable bonds is 1. The van der Waals surface area contributed by atoms with Gasteiger partial charge in [0.05, 0.1) is 12.0 Å². The van der Waals surface area contributed by atoms with Gasteiger partial charge in [-0.05, 0) is 43.7 Å². The first-order chi connectivity index (χ1) is 15.1. The minimum Gasteiger partial charge on any atom is -0.491 e. The Balaban J connectivity index is 1.40. The van der Waals surface area contributed by atoms with Crippen LogP contribution in [-0.2, 0) is 11.2 Å². The Labute approximate surface area is 187 Å². The first-order valence-electron chi connectivity index (χ1n) is 11.1. The zero-order chi connectivity index (χ0) is 21.7. The van der Waals surface area contributed by atoms with Crippen LogP contribution >= 0.6 is 11.3 Å². The van der Waals surface area contributed by atoms with E-state index in [1.54, 1.807) is 10.3 Å². The Kier molecular flexibility index (Phi) is 6.75. The second-order valence-electron chi connectivity index (χ2n) is 8.42. The molecule has 0 atom stereocenters. The number of aryl methyl sites for hydroxylation is 1. The van der Waals surface area contributed by atoms with Crippen molar-refractivity contribution in [1.82, 2.24) is 15.2 Å². The number of nitrogens with two attached hydrogens (primary N) is 1. The summed E-state index contributed by atoms with van der Waals surface area (Å²) >= 11 is 1.27. The molecule has 1 spiro atoms. The second kappa shape index (κ2) is 9.68. The van der Waals surface area contributed by atoms with Crippen molar-refractivity contribution in [2.75, 3.05) is 32.0 Å². The molecule has 2 aliphatic rings. The van der Waals surface area contributed by atoms with Crippen molar-refractivity contribution in [3.8, 4) is 5.75 Å². The Bertz CT molecular complexity index is 921.